The molecule has 0 aliphatic carbocycles. The second-order valence-corrected chi connectivity index (χ2v) is 9.18. The molecule has 35 heavy (non-hydrogen) atoms. The number of hydrogen-bond acceptors (Lipinski definition) is 4. The molecule has 0 N–H and O–H groups in total. The molecule has 4 aromatic rings. The minimum Gasteiger partial charge on any atom is -0.485 e. The second kappa shape index (κ2) is 9.72. The van der Waals surface area contributed by atoms with Crippen LogP contribution in [0.4, 0.5) is 0 Å². The first-order chi connectivity index (χ1) is 17.0. The molecule has 5 heteroatoms. The van der Waals surface area contributed by atoms with Crippen molar-refractivity contribution in [3.8, 4) is 22.6 Å². The molecule has 0 aromatic heterocycles. The number of carbonyl (C=O) groups is 2. The molecule has 0 radical (unpaired) electrons. The average molecular weight is 525 g/mol. The third-order valence-electron chi connectivity index (χ3n) is 5.80. The van der Waals surface area contributed by atoms with Gasteiger partial charge in [-0.05, 0) is 53.5 Å². The van der Waals surface area contributed by atoms with Crippen LogP contribution in [-0.4, -0.2) is 18.2 Å². The highest BCUT2D eigenvalue weighted by molar-refractivity contribution is 9.10. The molecule has 0 saturated carbocycles. The van der Waals surface area contributed by atoms with Gasteiger partial charge in [-0.25, -0.2) is 0 Å². The Morgan fingerprint density at radius 3 is 2.31 bits per heavy atom. The zero-order valence-electron chi connectivity index (χ0n) is 19.0. The van der Waals surface area contributed by atoms with Crippen molar-refractivity contribution in [2.24, 2.45) is 0 Å². The van der Waals surface area contributed by atoms with Crippen LogP contribution in [-0.2, 0) is 0 Å². The molecule has 0 bridgehead atoms. The fourth-order valence-corrected chi connectivity index (χ4v) is 4.25. The number of rotatable bonds is 6. The normalized spacial score (nSPS) is 13.4. The summed E-state index contributed by atoms with van der Waals surface area (Å²) in [4.78, 5) is 25.4. The third kappa shape index (κ3) is 4.96. The highest BCUT2D eigenvalue weighted by Gasteiger charge is 2.30. The van der Waals surface area contributed by atoms with Gasteiger partial charge in [0.2, 0.25) is 5.78 Å². The maximum Gasteiger partial charge on any atom is 0.232 e. The van der Waals surface area contributed by atoms with Crippen LogP contribution >= 0.6 is 15.9 Å². The van der Waals surface area contributed by atoms with E-state index in [1.165, 1.54) is 0 Å². The number of carbonyl (C=O) groups excluding carboxylic acids is 2. The van der Waals surface area contributed by atoms with E-state index in [9.17, 15) is 9.59 Å². The number of Topliss-reactive ketones (excluding diaryl/α,β-unsaturated/α-hetero) is 2. The highest BCUT2D eigenvalue weighted by Crippen LogP contribution is 2.37. The lowest BCUT2D eigenvalue weighted by Crippen LogP contribution is -2.11. The third-order valence-corrected chi connectivity index (χ3v) is 6.32. The van der Waals surface area contributed by atoms with Gasteiger partial charge in [-0.1, -0.05) is 82.7 Å². The Labute approximate surface area is 212 Å². The molecule has 5 rings (SSSR count). The van der Waals surface area contributed by atoms with Crippen molar-refractivity contribution in [2.45, 2.75) is 6.92 Å². The number of ether oxygens (including phenoxy) is 2. The van der Waals surface area contributed by atoms with Crippen LogP contribution in [0.3, 0.4) is 0 Å². The summed E-state index contributed by atoms with van der Waals surface area (Å²) < 4.78 is 12.5. The monoisotopic (exact) mass is 524 g/mol. The number of fused-ring (bicyclic) bond motifs is 1. The van der Waals surface area contributed by atoms with Crippen LogP contribution in [0, 0.1) is 6.92 Å². The summed E-state index contributed by atoms with van der Waals surface area (Å²) in [7, 11) is 0. The number of aryl methyl sites for hydroxylation is 1. The summed E-state index contributed by atoms with van der Waals surface area (Å²) >= 11 is 3.36. The van der Waals surface area contributed by atoms with E-state index in [1.54, 1.807) is 30.3 Å². The van der Waals surface area contributed by atoms with E-state index in [-0.39, 0.29) is 23.9 Å². The fourth-order valence-electron chi connectivity index (χ4n) is 3.98. The Morgan fingerprint density at radius 1 is 0.914 bits per heavy atom. The first kappa shape index (κ1) is 22.8. The van der Waals surface area contributed by atoms with Gasteiger partial charge in [0.15, 0.2) is 18.1 Å². The fraction of sp³-hybridized carbons (Fsp3) is 0.0667. The van der Waals surface area contributed by atoms with E-state index in [4.69, 9.17) is 9.47 Å². The van der Waals surface area contributed by atoms with Gasteiger partial charge >= 0.3 is 0 Å². The Hall–Kier alpha value is -3.96. The molecular formula is C30H21BrO4. The molecule has 1 heterocycles. The summed E-state index contributed by atoms with van der Waals surface area (Å²) in [6.45, 7) is 1.73. The first-order valence-electron chi connectivity index (χ1n) is 11.1. The van der Waals surface area contributed by atoms with Crippen LogP contribution in [0.5, 0.6) is 11.5 Å². The Bertz CT molecular complexity index is 1440. The van der Waals surface area contributed by atoms with Gasteiger partial charge in [-0.2, -0.15) is 0 Å². The van der Waals surface area contributed by atoms with Gasteiger partial charge in [0.1, 0.15) is 11.5 Å². The number of ketones is 2. The summed E-state index contributed by atoms with van der Waals surface area (Å²) in [5, 5.41) is 0. The van der Waals surface area contributed by atoms with Crippen molar-refractivity contribution in [3.63, 3.8) is 0 Å². The van der Waals surface area contributed by atoms with Gasteiger partial charge in [0.05, 0.1) is 5.56 Å². The predicted molar refractivity (Wildman–Crippen MR) is 140 cm³/mol. The molecule has 1 aliphatic rings. The molecular weight excluding hydrogens is 504 g/mol. The van der Waals surface area contributed by atoms with Crippen molar-refractivity contribution in [2.75, 3.05) is 6.61 Å². The minimum atomic E-state index is -0.165. The summed E-state index contributed by atoms with van der Waals surface area (Å²) in [6.07, 6.45) is 1.74. The lowest BCUT2D eigenvalue weighted by atomic mass is 10.0. The molecule has 4 nitrogen and oxygen atoms in total. The van der Waals surface area contributed by atoms with Gasteiger partial charge in [0, 0.05) is 16.1 Å². The van der Waals surface area contributed by atoms with Crippen molar-refractivity contribution in [1.82, 2.24) is 0 Å². The molecule has 1 aliphatic heterocycles. The maximum absolute atomic E-state index is 13.0. The van der Waals surface area contributed by atoms with Crippen molar-refractivity contribution >= 4 is 33.6 Å². The molecule has 0 saturated heterocycles. The first-order valence-corrected chi connectivity index (χ1v) is 11.9. The zero-order valence-corrected chi connectivity index (χ0v) is 20.5. The lowest BCUT2D eigenvalue weighted by Gasteiger charge is -2.09. The van der Waals surface area contributed by atoms with E-state index in [0.717, 1.165) is 26.7 Å². The van der Waals surface area contributed by atoms with Crippen molar-refractivity contribution in [1.29, 1.82) is 0 Å². The topological polar surface area (TPSA) is 52.6 Å². The van der Waals surface area contributed by atoms with Crippen LogP contribution in [0.2, 0.25) is 0 Å². The molecule has 0 spiro atoms. The standard InChI is InChI=1S/C30H21BrO4/c1-19-15-25(34-18-26(32)23-11-13-24(31)14-12-23)17-27-29(19)30(33)28(35-27)16-20-7-9-22(10-8-20)21-5-3-2-4-6-21/h2-17H,18H2,1H3/b28-16-. The van der Waals surface area contributed by atoms with E-state index in [1.807, 2.05) is 61.5 Å². The molecule has 172 valence electrons. The highest BCUT2D eigenvalue weighted by atomic mass is 79.9. The summed E-state index contributed by atoms with van der Waals surface area (Å²) in [5.74, 6) is 0.883. The van der Waals surface area contributed by atoms with E-state index >= 15 is 0 Å². The van der Waals surface area contributed by atoms with E-state index in [2.05, 4.69) is 28.1 Å². The van der Waals surface area contributed by atoms with Gasteiger partial charge < -0.3 is 9.47 Å². The van der Waals surface area contributed by atoms with Gasteiger partial charge in [0.25, 0.3) is 0 Å². The number of halogens is 1. The largest absolute Gasteiger partial charge is 0.485 e. The van der Waals surface area contributed by atoms with Crippen LogP contribution in [0.15, 0.2) is 101 Å². The summed E-state index contributed by atoms with van der Waals surface area (Å²) in [6, 6.07) is 28.6. The smallest absolute Gasteiger partial charge is 0.232 e. The number of allylic oxidation sites excluding steroid dienone is 1. The second-order valence-electron chi connectivity index (χ2n) is 8.26. The summed E-state index contributed by atoms with van der Waals surface area (Å²) in [5.41, 5.74) is 4.93. The molecule has 0 fully saturated rings. The number of hydrogen-bond donors (Lipinski definition) is 0. The van der Waals surface area contributed by atoms with Gasteiger partial charge in [-0.3, -0.25) is 9.59 Å². The van der Waals surface area contributed by atoms with Gasteiger partial charge in [-0.15, -0.1) is 0 Å². The Kier molecular flexibility index (Phi) is 6.34. The van der Waals surface area contributed by atoms with Crippen LogP contribution < -0.4 is 9.47 Å². The van der Waals surface area contributed by atoms with Crippen LogP contribution in [0.25, 0.3) is 17.2 Å². The SMILES string of the molecule is Cc1cc(OCC(=O)c2ccc(Br)cc2)cc2c1C(=O)/C(=C/c1ccc(-c3ccccc3)cc1)O2. The molecule has 0 unspecified atom stereocenters. The predicted octanol–water partition coefficient (Wildman–Crippen LogP) is 7.30. The van der Waals surface area contributed by atoms with Crippen LogP contribution in [0.1, 0.15) is 31.8 Å². The molecule has 0 amide bonds. The lowest BCUT2D eigenvalue weighted by molar-refractivity contribution is 0.0920. The average Bonchev–Trinajstić information content (AvgIpc) is 3.19. The number of benzene rings is 4. The quantitative estimate of drug-likeness (QED) is 0.196. The van der Waals surface area contributed by atoms with E-state index < -0.39 is 0 Å². The van der Waals surface area contributed by atoms with Crippen molar-refractivity contribution in [3.05, 3.63) is 123 Å². The maximum atomic E-state index is 13.0. The molecule has 4 aromatic carbocycles. The molecule has 0 atom stereocenters. The van der Waals surface area contributed by atoms with Crippen molar-refractivity contribution < 1.29 is 19.1 Å². The Balaban J connectivity index is 1.31. The zero-order chi connectivity index (χ0) is 24.4. The van der Waals surface area contributed by atoms with E-state index in [0.29, 0.717) is 22.6 Å². The minimum absolute atomic E-state index is 0.107. The Morgan fingerprint density at radius 2 is 1.60 bits per heavy atom.